The van der Waals surface area contributed by atoms with E-state index in [-0.39, 0.29) is 24.7 Å². The molecule has 0 aliphatic rings. The monoisotopic (exact) mass is 297 g/mol. The fourth-order valence-corrected chi connectivity index (χ4v) is 2.59. The molecule has 0 aliphatic carbocycles. The van der Waals surface area contributed by atoms with Gasteiger partial charge in [0.1, 0.15) is 0 Å². The summed E-state index contributed by atoms with van der Waals surface area (Å²) in [6.07, 6.45) is 0.256. The zero-order valence-electron chi connectivity index (χ0n) is 11.5. The minimum absolute atomic E-state index is 0. The van der Waals surface area contributed by atoms with Gasteiger partial charge >= 0.3 is 0 Å². The number of hydrogen-bond donors (Lipinski definition) is 1. The highest BCUT2D eigenvalue weighted by molar-refractivity contribution is 5.95. The largest absolute Gasteiger partial charge is 0.369 e. The molecule has 0 aromatic heterocycles. The summed E-state index contributed by atoms with van der Waals surface area (Å²) < 4.78 is 0. The molecule has 0 fully saturated rings. The highest BCUT2D eigenvalue weighted by atomic mass is 35.5. The van der Waals surface area contributed by atoms with Crippen LogP contribution in [0.25, 0.3) is 21.9 Å². The lowest BCUT2D eigenvalue weighted by Crippen LogP contribution is -2.14. The number of rotatable bonds is 3. The van der Waals surface area contributed by atoms with Crippen molar-refractivity contribution in [3.05, 3.63) is 72.3 Å². The lowest BCUT2D eigenvalue weighted by molar-refractivity contribution is -0.117. The van der Waals surface area contributed by atoms with Crippen molar-refractivity contribution in [2.24, 2.45) is 5.73 Å². The third kappa shape index (κ3) is 3.06. The molecular weight excluding hydrogens is 282 g/mol. The van der Waals surface area contributed by atoms with E-state index in [4.69, 9.17) is 5.73 Å². The molecule has 2 nitrogen and oxygen atoms in total. The second kappa shape index (κ2) is 6.42. The Morgan fingerprint density at radius 1 is 0.857 bits per heavy atom. The van der Waals surface area contributed by atoms with Crippen LogP contribution < -0.4 is 5.73 Å². The van der Waals surface area contributed by atoms with Crippen LogP contribution in [0.5, 0.6) is 0 Å². The smallest absolute Gasteiger partial charge is 0.221 e. The minimum Gasteiger partial charge on any atom is -0.369 e. The van der Waals surface area contributed by atoms with Crippen molar-refractivity contribution in [2.75, 3.05) is 0 Å². The van der Waals surface area contributed by atoms with Gasteiger partial charge < -0.3 is 5.73 Å². The minimum atomic E-state index is -0.307. The van der Waals surface area contributed by atoms with Crippen molar-refractivity contribution in [1.29, 1.82) is 0 Å². The van der Waals surface area contributed by atoms with E-state index in [0.29, 0.717) is 0 Å². The Morgan fingerprint density at radius 3 is 2.24 bits per heavy atom. The molecule has 106 valence electrons. The van der Waals surface area contributed by atoms with Gasteiger partial charge in [-0.05, 0) is 27.5 Å². The fraction of sp³-hybridized carbons (Fsp3) is 0.0556. The van der Waals surface area contributed by atoms with E-state index in [0.717, 1.165) is 27.5 Å². The molecule has 0 saturated carbocycles. The third-order valence-electron chi connectivity index (χ3n) is 3.48. The van der Waals surface area contributed by atoms with Gasteiger partial charge in [0.05, 0.1) is 6.42 Å². The average molecular weight is 298 g/mol. The molecule has 0 heterocycles. The molecule has 0 atom stereocenters. The highest BCUT2D eigenvalue weighted by Gasteiger charge is 2.11. The molecule has 0 bridgehead atoms. The number of benzene rings is 3. The Bertz CT molecular complexity index is 769. The Labute approximate surface area is 130 Å². The number of halogens is 1. The van der Waals surface area contributed by atoms with Gasteiger partial charge in [0.2, 0.25) is 5.91 Å². The first-order valence-electron chi connectivity index (χ1n) is 6.60. The predicted octanol–water partition coefficient (Wildman–Crippen LogP) is 3.96. The normalized spacial score (nSPS) is 10.1. The van der Waals surface area contributed by atoms with Crippen LogP contribution in [0.1, 0.15) is 5.56 Å². The molecule has 3 rings (SSSR count). The quantitative estimate of drug-likeness (QED) is 0.781. The van der Waals surface area contributed by atoms with Crippen molar-refractivity contribution < 1.29 is 4.79 Å². The van der Waals surface area contributed by atoms with Gasteiger partial charge in [0.15, 0.2) is 0 Å². The number of amides is 1. The summed E-state index contributed by atoms with van der Waals surface area (Å²) in [5.74, 6) is -0.307. The number of nitrogens with two attached hydrogens (primary N) is 1. The molecule has 0 saturated heterocycles. The summed E-state index contributed by atoms with van der Waals surface area (Å²) in [5.41, 5.74) is 8.60. The molecular formula is C18H16ClNO. The van der Waals surface area contributed by atoms with E-state index in [1.165, 1.54) is 0 Å². The van der Waals surface area contributed by atoms with Gasteiger partial charge in [0.25, 0.3) is 0 Å². The van der Waals surface area contributed by atoms with Gasteiger partial charge in [-0.15, -0.1) is 12.4 Å². The molecule has 21 heavy (non-hydrogen) atoms. The van der Waals surface area contributed by atoms with E-state index >= 15 is 0 Å². The molecule has 3 aromatic rings. The Balaban J connectivity index is 0.00000161. The van der Waals surface area contributed by atoms with Crippen molar-refractivity contribution in [2.45, 2.75) is 6.42 Å². The summed E-state index contributed by atoms with van der Waals surface area (Å²) in [7, 11) is 0. The van der Waals surface area contributed by atoms with Crippen LogP contribution in [0, 0.1) is 0 Å². The second-order valence-corrected chi connectivity index (χ2v) is 4.82. The Morgan fingerprint density at radius 2 is 1.52 bits per heavy atom. The van der Waals surface area contributed by atoms with E-state index in [1.807, 2.05) is 36.4 Å². The summed E-state index contributed by atoms with van der Waals surface area (Å²) in [6.45, 7) is 0. The summed E-state index contributed by atoms with van der Waals surface area (Å²) in [4.78, 5) is 11.4. The van der Waals surface area contributed by atoms with E-state index < -0.39 is 0 Å². The maximum absolute atomic E-state index is 11.4. The lowest BCUT2D eigenvalue weighted by atomic mass is 9.92. The molecule has 0 spiro atoms. The number of primary amides is 1. The lowest BCUT2D eigenvalue weighted by Gasteiger charge is -2.12. The second-order valence-electron chi connectivity index (χ2n) is 4.82. The van der Waals surface area contributed by atoms with Crippen molar-refractivity contribution >= 4 is 29.1 Å². The van der Waals surface area contributed by atoms with Crippen molar-refractivity contribution in [3.63, 3.8) is 0 Å². The maximum Gasteiger partial charge on any atom is 0.221 e. The van der Waals surface area contributed by atoms with Gasteiger partial charge in [-0.25, -0.2) is 0 Å². The number of fused-ring (bicyclic) bond motifs is 1. The average Bonchev–Trinajstić information content (AvgIpc) is 2.48. The first-order chi connectivity index (χ1) is 9.75. The highest BCUT2D eigenvalue weighted by Crippen LogP contribution is 2.30. The van der Waals surface area contributed by atoms with Crippen LogP contribution in [-0.4, -0.2) is 5.91 Å². The molecule has 0 unspecified atom stereocenters. The number of carbonyl (C=O) groups is 1. The molecule has 2 N–H and O–H groups in total. The van der Waals surface area contributed by atoms with Crippen LogP contribution in [-0.2, 0) is 11.2 Å². The zero-order chi connectivity index (χ0) is 13.9. The molecule has 1 amide bonds. The van der Waals surface area contributed by atoms with Crippen LogP contribution in [0.15, 0.2) is 66.7 Å². The van der Waals surface area contributed by atoms with E-state index in [1.54, 1.807) is 0 Å². The molecule has 0 aliphatic heterocycles. The van der Waals surface area contributed by atoms with Gasteiger partial charge in [0, 0.05) is 0 Å². The predicted molar refractivity (Wildman–Crippen MR) is 89.5 cm³/mol. The maximum atomic E-state index is 11.4. The topological polar surface area (TPSA) is 43.1 Å². The summed E-state index contributed by atoms with van der Waals surface area (Å²) in [5, 5.41) is 2.22. The van der Waals surface area contributed by atoms with Crippen molar-refractivity contribution in [3.8, 4) is 11.1 Å². The van der Waals surface area contributed by atoms with Crippen LogP contribution in [0.4, 0.5) is 0 Å². The van der Waals surface area contributed by atoms with Crippen molar-refractivity contribution in [1.82, 2.24) is 0 Å². The van der Waals surface area contributed by atoms with Crippen LogP contribution >= 0.6 is 12.4 Å². The first kappa shape index (κ1) is 15.1. The first-order valence-corrected chi connectivity index (χ1v) is 6.60. The van der Waals surface area contributed by atoms with Gasteiger partial charge in [-0.3, -0.25) is 4.79 Å². The Kier molecular flexibility index (Phi) is 4.61. The summed E-state index contributed by atoms with van der Waals surface area (Å²) >= 11 is 0. The van der Waals surface area contributed by atoms with Gasteiger partial charge in [-0.1, -0.05) is 66.7 Å². The Hall–Kier alpha value is -2.32. The van der Waals surface area contributed by atoms with E-state index in [9.17, 15) is 4.79 Å². The fourth-order valence-electron chi connectivity index (χ4n) is 2.59. The SMILES string of the molecule is Cl.NC(=O)Cc1c(-c2ccccc2)ccc2ccccc12. The third-order valence-corrected chi connectivity index (χ3v) is 3.48. The van der Waals surface area contributed by atoms with Gasteiger partial charge in [-0.2, -0.15) is 0 Å². The standard InChI is InChI=1S/C18H15NO.ClH/c19-18(20)12-17-15-9-5-4-8-14(15)10-11-16(17)13-6-2-1-3-7-13;/h1-11H,12H2,(H2,19,20);1H. The number of hydrogen-bond acceptors (Lipinski definition) is 1. The van der Waals surface area contributed by atoms with E-state index in [2.05, 4.69) is 30.3 Å². The number of carbonyl (C=O) groups excluding carboxylic acids is 1. The zero-order valence-corrected chi connectivity index (χ0v) is 12.3. The molecule has 3 aromatic carbocycles. The van der Waals surface area contributed by atoms with Crippen LogP contribution in [0.3, 0.4) is 0 Å². The molecule has 3 heteroatoms. The summed E-state index contributed by atoms with van der Waals surface area (Å²) in [6, 6.07) is 22.3. The molecule has 0 radical (unpaired) electrons. The van der Waals surface area contributed by atoms with Crippen LogP contribution in [0.2, 0.25) is 0 Å².